The average molecular weight is 575 g/mol. The van der Waals surface area contributed by atoms with E-state index in [2.05, 4.69) is 35.8 Å². The third-order valence-electron chi connectivity index (χ3n) is 6.52. The van der Waals surface area contributed by atoms with E-state index in [0.29, 0.717) is 76.7 Å². The maximum Gasteiger partial charge on any atom is 0.412 e. The fourth-order valence-corrected chi connectivity index (χ4v) is 4.83. The lowest BCUT2D eigenvalue weighted by Gasteiger charge is -2.14. The molecule has 1 atom stereocenters. The van der Waals surface area contributed by atoms with Crippen molar-refractivity contribution in [2.45, 2.75) is 18.9 Å². The van der Waals surface area contributed by atoms with E-state index in [1.807, 2.05) is 0 Å². The number of aromatic nitrogens is 9. The van der Waals surface area contributed by atoms with E-state index < -0.39 is 6.09 Å². The van der Waals surface area contributed by atoms with E-state index in [1.54, 1.807) is 48.2 Å². The second-order valence-corrected chi connectivity index (χ2v) is 9.54. The highest BCUT2D eigenvalue weighted by atomic mass is 35.5. The van der Waals surface area contributed by atoms with Gasteiger partial charge in [0.25, 0.3) is 5.56 Å². The predicted molar refractivity (Wildman–Crippen MR) is 146 cm³/mol. The topological polar surface area (TPSA) is 168 Å². The molecule has 4 aromatic heterocycles. The molecule has 0 saturated carbocycles. The summed E-state index contributed by atoms with van der Waals surface area (Å²) in [6.07, 6.45) is 5.21. The number of rotatable bonds is 8. The molecule has 0 fully saturated rings. The Kier molecular flexibility index (Phi) is 7.22. The number of tetrazole rings is 1. The molecule has 0 aliphatic carbocycles. The van der Waals surface area contributed by atoms with Gasteiger partial charge in [0.2, 0.25) is 0 Å². The fourth-order valence-electron chi connectivity index (χ4n) is 4.66. The van der Waals surface area contributed by atoms with Gasteiger partial charge in [-0.25, -0.2) is 14.8 Å². The molecule has 1 aliphatic rings. The number of hydrogen-bond acceptors (Lipinski definition) is 10. The van der Waals surface area contributed by atoms with Crippen LogP contribution >= 0.6 is 11.6 Å². The molecular weight excluding hydrogens is 552 g/mol. The summed E-state index contributed by atoms with van der Waals surface area (Å²) in [5.41, 5.74) is 2.82. The lowest BCUT2D eigenvalue weighted by atomic mass is 10.1. The minimum atomic E-state index is -0.593. The van der Waals surface area contributed by atoms with E-state index >= 15 is 0 Å². The number of ether oxygens (including phenoxy) is 2. The van der Waals surface area contributed by atoms with Gasteiger partial charge in [0, 0.05) is 36.7 Å². The molecule has 41 heavy (non-hydrogen) atoms. The number of benzene rings is 1. The number of aromatic amines is 1. The quantitative estimate of drug-likeness (QED) is 0.263. The van der Waals surface area contributed by atoms with Gasteiger partial charge in [-0.15, -0.1) is 5.10 Å². The number of hydrogen-bond donors (Lipinski definition) is 2. The van der Waals surface area contributed by atoms with E-state index in [1.165, 1.54) is 23.3 Å². The Morgan fingerprint density at radius 1 is 1.17 bits per heavy atom. The largest absolute Gasteiger partial charge is 0.412 e. The molecule has 1 aliphatic heterocycles. The summed E-state index contributed by atoms with van der Waals surface area (Å²) in [5.74, 6) is 1.55. The first-order valence-corrected chi connectivity index (χ1v) is 13.0. The van der Waals surface area contributed by atoms with Crippen LogP contribution in [0.3, 0.4) is 0 Å². The van der Waals surface area contributed by atoms with Gasteiger partial charge in [-0.3, -0.25) is 14.3 Å². The molecule has 2 N–H and O–H groups in total. The molecular formula is C26H23ClN10O4. The van der Waals surface area contributed by atoms with Crippen molar-refractivity contribution in [3.63, 3.8) is 0 Å². The molecule has 5 aromatic rings. The molecule has 0 bridgehead atoms. The van der Waals surface area contributed by atoms with Crippen LogP contribution < -0.4 is 15.6 Å². The molecule has 15 heteroatoms. The Bertz CT molecular complexity index is 1750. The number of fused-ring (bicyclic) bond motifs is 1. The van der Waals surface area contributed by atoms with Crippen LogP contribution in [0.5, 0.6) is 5.75 Å². The zero-order valence-electron chi connectivity index (χ0n) is 21.7. The summed E-state index contributed by atoms with van der Waals surface area (Å²) in [4.78, 5) is 42.2. The van der Waals surface area contributed by atoms with Crippen molar-refractivity contribution in [1.29, 1.82) is 0 Å². The Morgan fingerprint density at radius 2 is 2.07 bits per heavy atom. The van der Waals surface area contributed by atoms with E-state index in [0.717, 1.165) is 0 Å². The van der Waals surface area contributed by atoms with Crippen LogP contribution in [-0.2, 0) is 11.2 Å². The van der Waals surface area contributed by atoms with Crippen LogP contribution in [0.2, 0.25) is 5.02 Å². The first-order chi connectivity index (χ1) is 20.0. The van der Waals surface area contributed by atoms with E-state index in [9.17, 15) is 9.59 Å². The highest BCUT2D eigenvalue weighted by Crippen LogP contribution is 2.32. The van der Waals surface area contributed by atoms with Crippen LogP contribution in [0.15, 0.2) is 59.9 Å². The summed E-state index contributed by atoms with van der Waals surface area (Å²) in [6, 6.07) is 9.76. The van der Waals surface area contributed by atoms with Crippen LogP contribution in [0, 0.1) is 0 Å². The monoisotopic (exact) mass is 574 g/mol. The molecule has 0 unspecified atom stereocenters. The van der Waals surface area contributed by atoms with Gasteiger partial charge in [-0.2, -0.15) is 4.68 Å². The molecule has 5 heterocycles. The minimum Gasteiger partial charge on any atom is -0.409 e. The zero-order valence-corrected chi connectivity index (χ0v) is 22.4. The number of aryl methyl sites for hydroxylation is 1. The molecule has 1 aromatic carbocycles. The summed E-state index contributed by atoms with van der Waals surface area (Å²) in [7, 11) is 1.55. The number of nitrogens with zero attached hydrogens (tertiary/aromatic N) is 8. The second kappa shape index (κ2) is 11.3. The van der Waals surface area contributed by atoms with Crippen LogP contribution in [0.1, 0.15) is 24.1 Å². The number of methoxy groups -OCH3 is 1. The number of pyridine rings is 1. The molecule has 14 nitrogen and oxygen atoms in total. The van der Waals surface area contributed by atoms with Crippen molar-refractivity contribution < 1.29 is 14.3 Å². The highest BCUT2D eigenvalue weighted by molar-refractivity contribution is 6.31. The second-order valence-electron chi connectivity index (χ2n) is 9.11. The summed E-state index contributed by atoms with van der Waals surface area (Å²) in [5, 5.41) is 14.4. The summed E-state index contributed by atoms with van der Waals surface area (Å²) >= 11 is 6.28. The van der Waals surface area contributed by atoms with Crippen molar-refractivity contribution >= 4 is 17.7 Å². The highest BCUT2D eigenvalue weighted by Gasteiger charge is 2.29. The first-order valence-electron chi connectivity index (χ1n) is 12.6. The molecule has 0 saturated heterocycles. The fraction of sp³-hybridized carbons (Fsp3) is 0.231. The van der Waals surface area contributed by atoms with Crippen LogP contribution in [0.25, 0.3) is 28.3 Å². The number of nitrogens with one attached hydrogen (secondary N) is 2. The number of carbonyl (C=O) groups excluding carboxylic acids is 1. The maximum atomic E-state index is 13.4. The summed E-state index contributed by atoms with van der Waals surface area (Å²) in [6.45, 7) is 0.721. The average Bonchev–Trinajstić information content (AvgIpc) is 3.75. The Balaban J connectivity index is 1.22. The standard InChI is InChI=1S/C26H23ClN10O4/c1-40-9-8-28-26(39)41-16-3-4-18(29-12-16)20-13-30-25(33-20)22-6-7-23-32-19(11-24(38)37(22)23)17-10-15(27)2-5-21(17)36-14-31-34-35-36/h2-5,10-14,22H,6-9H2,1H3,(H,28,39)(H,30,33)/t22-/m0/s1. The molecule has 1 amide bonds. The van der Waals surface area contributed by atoms with Crippen molar-refractivity contribution in [3.8, 4) is 34.1 Å². The van der Waals surface area contributed by atoms with Crippen LogP contribution in [0.4, 0.5) is 4.79 Å². The molecule has 6 rings (SSSR count). The van der Waals surface area contributed by atoms with Crippen LogP contribution in [-0.4, -0.2) is 71.1 Å². The van der Waals surface area contributed by atoms with Gasteiger partial charge in [0.1, 0.15) is 18.0 Å². The molecule has 0 spiro atoms. The number of H-pyrrole nitrogens is 1. The van der Waals surface area contributed by atoms with Gasteiger partial charge in [-0.1, -0.05) is 11.6 Å². The zero-order chi connectivity index (χ0) is 28.3. The van der Waals surface area contributed by atoms with E-state index in [4.69, 9.17) is 26.1 Å². The van der Waals surface area contributed by atoms with Gasteiger partial charge in [-0.05, 0) is 47.2 Å². The third-order valence-corrected chi connectivity index (χ3v) is 6.75. The van der Waals surface area contributed by atoms with Crippen molar-refractivity contribution in [2.75, 3.05) is 20.3 Å². The smallest absolute Gasteiger partial charge is 0.409 e. The predicted octanol–water partition coefficient (Wildman–Crippen LogP) is 2.59. The van der Waals surface area contributed by atoms with Gasteiger partial charge < -0.3 is 19.8 Å². The van der Waals surface area contributed by atoms with Crippen molar-refractivity contribution in [3.05, 3.63) is 82.1 Å². The maximum absolute atomic E-state index is 13.4. The molecule has 208 valence electrons. The third kappa shape index (κ3) is 5.42. The number of carbonyl (C=O) groups is 1. The van der Waals surface area contributed by atoms with Gasteiger partial charge in [0.15, 0.2) is 5.75 Å². The SMILES string of the molecule is COCCNC(=O)Oc1ccc(-c2cnc([C@@H]3CCc4nc(-c5cc(Cl)ccc5-n5cnnn5)cc(=O)n43)[nH]2)nc1. The molecule has 0 radical (unpaired) electrons. The lowest BCUT2D eigenvalue weighted by Crippen LogP contribution is -2.29. The number of imidazole rings is 1. The number of amides is 1. The Morgan fingerprint density at radius 3 is 2.85 bits per heavy atom. The Labute approximate surface area is 237 Å². The normalized spacial score (nSPS) is 14.1. The Hall–Kier alpha value is -4.95. The summed E-state index contributed by atoms with van der Waals surface area (Å²) < 4.78 is 13.2. The van der Waals surface area contributed by atoms with Crippen molar-refractivity contribution in [1.82, 2.24) is 50.0 Å². The van der Waals surface area contributed by atoms with E-state index in [-0.39, 0.29) is 11.6 Å². The minimum absolute atomic E-state index is 0.212. The number of halogens is 1. The van der Waals surface area contributed by atoms with Gasteiger partial charge in [0.05, 0.1) is 47.8 Å². The first kappa shape index (κ1) is 26.3. The van der Waals surface area contributed by atoms with Crippen molar-refractivity contribution in [2.24, 2.45) is 0 Å². The van der Waals surface area contributed by atoms with Gasteiger partial charge >= 0.3 is 6.09 Å². The lowest BCUT2D eigenvalue weighted by molar-refractivity contribution is 0.180.